The fourth-order valence-corrected chi connectivity index (χ4v) is 4.24. The second-order valence-corrected chi connectivity index (χ2v) is 7.88. The number of para-hydroxylation sites is 1. The van der Waals surface area contributed by atoms with Crippen molar-refractivity contribution in [2.75, 3.05) is 6.61 Å². The van der Waals surface area contributed by atoms with Gasteiger partial charge in [-0.05, 0) is 43.2 Å². The highest BCUT2D eigenvalue weighted by atomic mass is 32.2. The Hall–Kier alpha value is -2.19. The average Bonchev–Trinajstić information content (AvgIpc) is 3.35. The van der Waals surface area contributed by atoms with E-state index in [4.69, 9.17) is 4.74 Å². The zero-order valence-corrected chi connectivity index (χ0v) is 15.6. The van der Waals surface area contributed by atoms with E-state index >= 15 is 0 Å². The summed E-state index contributed by atoms with van der Waals surface area (Å²) in [7, 11) is 0. The van der Waals surface area contributed by atoms with E-state index in [1.807, 2.05) is 38.1 Å². The van der Waals surface area contributed by atoms with E-state index < -0.39 is 0 Å². The molecule has 1 aliphatic rings. The maximum Gasteiger partial charge on any atom is 0.210 e. The number of aromatic amines is 1. The monoisotopic (exact) mass is 371 g/mol. The molecule has 7 nitrogen and oxygen atoms in total. The first-order valence-corrected chi connectivity index (χ1v) is 9.67. The standard InChI is InChI=1S/C18H21N5O2S/c1-11-16(14-7-3-4-8-15(14)19-11)17(24)12(2)26-18-20-21-22-23(18)10-13-6-5-9-25-13/h3-4,7-8,12-13,19H,5-6,9-10H2,1-2H3. The highest BCUT2D eigenvalue weighted by Crippen LogP contribution is 2.29. The lowest BCUT2D eigenvalue weighted by Crippen LogP contribution is -2.19. The zero-order chi connectivity index (χ0) is 18.1. The molecule has 2 atom stereocenters. The van der Waals surface area contributed by atoms with Gasteiger partial charge in [0.15, 0.2) is 5.78 Å². The van der Waals surface area contributed by atoms with Gasteiger partial charge in [0.1, 0.15) is 0 Å². The van der Waals surface area contributed by atoms with Crippen LogP contribution in [0.15, 0.2) is 29.4 Å². The molecular formula is C18H21N5O2S. The Morgan fingerprint density at radius 3 is 3.12 bits per heavy atom. The molecule has 3 aromatic rings. The predicted octanol–water partition coefficient (Wildman–Crippen LogP) is 3.01. The van der Waals surface area contributed by atoms with Gasteiger partial charge in [-0.3, -0.25) is 4.79 Å². The predicted molar refractivity (Wildman–Crippen MR) is 99.5 cm³/mol. The van der Waals surface area contributed by atoms with Crippen LogP contribution in [0.5, 0.6) is 0 Å². The molecule has 8 heteroatoms. The first-order chi connectivity index (χ1) is 12.6. The number of carbonyl (C=O) groups excluding carboxylic acids is 1. The summed E-state index contributed by atoms with van der Waals surface area (Å²) in [5.41, 5.74) is 2.62. The molecule has 0 spiro atoms. The van der Waals surface area contributed by atoms with Crippen LogP contribution in [-0.4, -0.2) is 48.9 Å². The van der Waals surface area contributed by atoms with Gasteiger partial charge in [0, 0.05) is 28.8 Å². The minimum atomic E-state index is -0.290. The number of nitrogens with one attached hydrogen (secondary N) is 1. The average molecular weight is 371 g/mol. The number of fused-ring (bicyclic) bond motifs is 1. The Labute approximate surface area is 155 Å². The largest absolute Gasteiger partial charge is 0.376 e. The van der Waals surface area contributed by atoms with Crippen LogP contribution in [0.25, 0.3) is 10.9 Å². The minimum absolute atomic E-state index is 0.0802. The van der Waals surface area contributed by atoms with E-state index in [0.29, 0.717) is 11.7 Å². The molecule has 0 saturated carbocycles. The summed E-state index contributed by atoms with van der Waals surface area (Å²) in [6.45, 7) is 5.26. The molecule has 1 fully saturated rings. The van der Waals surface area contributed by atoms with Gasteiger partial charge in [-0.1, -0.05) is 30.0 Å². The third-order valence-electron chi connectivity index (χ3n) is 4.69. The number of aromatic nitrogens is 5. The molecular weight excluding hydrogens is 350 g/mol. The van der Waals surface area contributed by atoms with Gasteiger partial charge in [0.2, 0.25) is 5.16 Å². The Morgan fingerprint density at radius 2 is 2.31 bits per heavy atom. The maximum absolute atomic E-state index is 13.1. The summed E-state index contributed by atoms with van der Waals surface area (Å²) in [5.74, 6) is 0.0802. The molecule has 0 aliphatic carbocycles. The fourth-order valence-electron chi connectivity index (χ4n) is 3.39. The first kappa shape index (κ1) is 17.2. The number of hydrogen-bond donors (Lipinski definition) is 1. The van der Waals surface area contributed by atoms with Crippen molar-refractivity contribution in [1.82, 2.24) is 25.2 Å². The number of carbonyl (C=O) groups is 1. The lowest BCUT2D eigenvalue weighted by molar-refractivity contribution is 0.0911. The van der Waals surface area contributed by atoms with Crippen molar-refractivity contribution >= 4 is 28.4 Å². The molecule has 4 rings (SSSR count). The topological polar surface area (TPSA) is 85.7 Å². The number of H-pyrrole nitrogens is 1. The van der Waals surface area contributed by atoms with E-state index in [0.717, 1.165) is 41.6 Å². The quantitative estimate of drug-likeness (QED) is 0.529. The summed E-state index contributed by atoms with van der Waals surface area (Å²) in [6, 6.07) is 7.88. The molecule has 1 aliphatic heterocycles. The maximum atomic E-state index is 13.1. The van der Waals surface area contributed by atoms with Crippen molar-refractivity contribution in [1.29, 1.82) is 0 Å². The van der Waals surface area contributed by atoms with Crippen molar-refractivity contribution in [3.05, 3.63) is 35.5 Å². The first-order valence-electron chi connectivity index (χ1n) is 8.79. The molecule has 2 aromatic heterocycles. The molecule has 0 radical (unpaired) electrons. The van der Waals surface area contributed by atoms with Crippen LogP contribution in [-0.2, 0) is 11.3 Å². The van der Waals surface area contributed by atoms with Gasteiger partial charge >= 0.3 is 0 Å². The van der Waals surface area contributed by atoms with Crippen LogP contribution in [0.4, 0.5) is 0 Å². The number of hydrogen-bond acceptors (Lipinski definition) is 6. The van der Waals surface area contributed by atoms with Crippen LogP contribution in [0.1, 0.15) is 35.8 Å². The molecule has 26 heavy (non-hydrogen) atoms. The Balaban J connectivity index is 1.53. The smallest absolute Gasteiger partial charge is 0.210 e. The molecule has 136 valence electrons. The third-order valence-corrected chi connectivity index (χ3v) is 5.76. The summed E-state index contributed by atoms with van der Waals surface area (Å²) >= 11 is 1.39. The number of ether oxygens (including phenoxy) is 1. The van der Waals surface area contributed by atoms with E-state index in [-0.39, 0.29) is 17.1 Å². The van der Waals surface area contributed by atoms with Gasteiger partial charge < -0.3 is 9.72 Å². The number of rotatable bonds is 6. The Morgan fingerprint density at radius 1 is 1.46 bits per heavy atom. The number of thioether (sulfide) groups is 1. The highest BCUT2D eigenvalue weighted by molar-refractivity contribution is 8.00. The zero-order valence-electron chi connectivity index (χ0n) is 14.8. The highest BCUT2D eigenvalue weighted by Gasteiger charge is 2.25. The number of nitrogens with zero attached hydrogens (tertiary/aromatic N) is 4. The van der Waals surface area contributed by atoms with Gasteiger partial charge in [-0.15, -0.1) is 5.10 Å². The van der Waals surface area contributed by atoms with Crippen LogP contribution < -0.4 is 0 Å². The van der Waals surface area contributed by atoms with Gasteiger partial charge in [-0.25, -0.2) is 4.68 Å². The molecule has 2 unspecified atom stereocenters. The lowest BCUT2D eigenvalue weighted by atomic mass is 10.1. The number of tetrazole rings is 1. The van der Waals surface area contributed by atoms with Crippen molar-refractivity contribution in [2.45, 2.75) is 49.7 Å². The van der Waals surface area contributed by atoms with E-state index in [1.165, 1.54) is 11.8 Å². The third kappa shape index (κ3) is 3.26. The van der Waals surface area contributed by atoms with Crippen LogP contribution in [0.3, 0.4) is 0 Å². The summed E-state index contributed by atoms with van der Waals surface area (Å²) in [6.07, 6.45) is 2.25. The molecule has 1 saturated heterocycles. The number of aryl methyl sites for hydroxylation is 1. The fraction of sp³-hybridized carbons (Fsp3) is 0.444. The van der Waals surface area contributed by atoms with E-state index in [9.17, 15) is 4.79 Å². The second kappa shape index (κ2) is 7.20. The van der Waals surface area contributed by atoms with Gasteiger partial charge in [0.25, 0.3) is 0 Å². The molecule has 1 N–H and O–H groups in total. The summed E-state index contributed by atoms with van der Waals surface area (Å²) in [5, 5.41) is 13.3. The van der Waals surface area contributed by atoms with E-state index in [2.05, 4.69) is 20.5 Å². The number of benzene rings is 1. The Bertz CT molecular complexity index is 929. The minimum Gasteiger partial charge on any atom is -0.376 e. The van der Waals surface area contributed by atoms with Crippen LogP contribution in [0.2, 0.25) is 0 Å². The normalized spacial score (nSPS) is 18.5. The Kier molecular flexibility index (Phi) is 4.78. The van der Waals surface area contributed by atoms with Crippen molar-refractivity contribution in [2.24, 2.45) is 0 Å². The summed E-state index contributed by atoms with van der Waals surface area (Å²) < 4.78 is 7.40. The molecule has 0 amide bonds. The second-order valence-electron chi connectivity index (χ2n) is 6.57. The van der Waals surface area contributed by atoms with Crippen LogP contribution in [0, 0.1) is 6.92 Å². The van der Waals surface area contributed by atoms with Crippen molar-refractivity contribution in [3.8, 4) is 0 Å². The number of ketones is 1. The number of Topliss-reactive ketones (excluding diaryl/α,β-unsaturated/α-hetero) is 1. The van der Waals surface area contributed by atoms with Crippen LogP contribution >= 0.6 is 11.8 Å². The molecule has 0 bridgehead atoms. The SMILES string of the molecule is Cc1[nH]c2ccccc2c1C(=O)C(C)Sc1nnnn1CC1CCCO1. The van der Waals surface area contributed by atoms with E-state index in [1.54, 1.807) is 4.68 Å². The van der Waals surface area contributed by atoms with Gasteiger partial charge in [-0.2, -0.15) is 0 Å². The molecule has 3 heterocycles. The van der Waals surface area contributed by atoms with Crippen molar-refractivity contribution < 1.29 is 9.53 Å². The molecule has 1 aromatic carbocycles. The van der Waals surface area contributed by atoms with Crippen molar-refractivity contribution in [3.63, 3.8) is 0 Å². The van der Waals surface area contributed by atoms with Gasteiger partial charge in [0.05, 0.1) is 17.9 Å². The summed E-state index contributed by atoms with van der Waals surface area (Å²) in [4.78, 5) is 16.4. The lowest BCUT2D eigenvalue weighted by Gasteiger charge is -2.12.